The zero-order chi connectivity index (χ0) is 15.6. The molecule has 112 valence electrons. The summed E-state index contributed by atoms with van der Waals surface area (Å²) in [5, 5.41) is 2.32. The smallest absolute Gasteiger partial charge is 0.363 e. The van der Waals surface area contributed by atoms with Crippen LogP contribution in [0.2, 0.25) is 0 Å². The van der Waals surface area contributed by atoms with Gasteiger partial charge in [-0.2, -0.15) is 22.5 Å². The number of nitrogens with zero attached hydrogens (tertiary/aromatic N) is 1. The molecule has 0 aliphatic rings. The van der Waals surface area contributed by atoms with Crippen LogP contribution in [0.15, 0.2) is 30.3 Å². The van der Waals surface area contributed by atoms with Gasteiger partial charge in [0.25, 0.3) is 5.95 Å². The summed E-state index contributed by atoms with van der Waals surface area (Å²) < 4.78 is 76.4. The Morgan fingerprint density at radius 3 is 2.38 bits per heavy atom. The van der Waals surface area contributed by atoms with Gasteiger partial charge in [-0.3, -0.25) is 0 Å². The van der Waals surface area contributed by atoms with Crippen LogP contribution in [0.3, 0.4) is 0 Å². The van der Waals surface area contributed by atoms with E-state index in [0.717, 1.165) is 12.1 Å². The highest BCUT2D eigenvalue weighted by Crippen LogP contribution is 2.29. The van der Waals surface area contributed by atoms with Gasteiger partial charge in [-0.05, 0) is 17.7 Å². The molecular formula is C13H8F6N2. The molecule has 2 aromatic rings. The third kappa shape index (κ3) is 3.65. The van der Waals surface area contributed by atoms with Crippen LogP contribution in [0.5, 0.6) is 0 Å². The van der Waals surface area contributed by atoms with Crippen LogP contribution in [0.1, 0.15) is 11.1 Å². The fraction of sp³-hybridized carbons (Fsp3) is 0.154. The lowest BCUT2D eigenvalue weighted by molar-refractivity contribution is -0.137. The molecule has 1 heterocycles. The van der Waals surface area contributed by atoms with Gasteiger partial charge in [0, 0.05) is 12.6 Å². The summed E-state index contributed by atoms with van der Waals surface area (Å²) in [6.45, 7) is -0.223. The van der Waals surface area contributed by atoms with E-state index < -0.39 is 35.1 Å². The van der Waals surface area contributed by atoms with Crippen molar-refractivity contribution in [3.05, 3.63) is 59.0 Å². The van der Waals surface area contributed by atoms with Crippen LogP contribution in [-0.4, -0.2) is 4.98 Å². The second-order valence-electron chi connectivity index (χ2n) is 4.14. The Bertz CT molecular complexity index is 654. The number of anilines is 1. The van der Waals surface area contributed by atoms with Gasteiger partial charge in [-0.1, -0.05) is 12.1 Å². The maximum Gasteiger partial charge on any atom is 0.416 e. The first-order valence-corrected chi connectivity index (χ1v) is 5.69. The molecule has 0 aliphatic heterocycles. The predicted octanol–water partition coefficient (Wildman–Crippen LogP) is 4.13. The molecule has 0 aliphatic carbocycles. The van der Waals surface area contributed by atoms with E-state index in [-0.39, 0.29) is 12.1 Å². The molecule has 0 unspecified atom stereocenters. The number of hydrogen-bond acceptors (Lipinski definition) is 2. The molecule has 2 nitrogen and oxygen atoms in total. The lowest BCUT2D eigenvalue weighted by atomic mass is 10.1. The number of benzene rings is 1. The number of rotatable bonds is 3. The lowest BCUT2D eigenvalue weighted by Gasteiger charge is -2.10. The Morgan fingerprint density at radius 1 is 1.00 bits per heavy atom. The van der Waals surface area contributed by atoms with Crippen molar-refractivity contribution < 1.29 is 26.3 Å². The van der Waals surface area contributed by atoms with Crippen molar-refractivity contribution in [2.45, 2.75) is 12.7 Å². The minimum atomic E-state index is -4.50. The second kappa shape index (κ2) is 5.63. The molecule has 21 heavy (non-hydrogen) atoms. The molecule has 1 N–H and O–H groups in total. The van der Waals surface area contributed by atoms with Crippen LogP contribution < -0.4 is 5.32 Å². The lowest BCUT2D eigenvalue weighted by Crippen LogP contribution is -2.09. The molecule has 0 atom stereocenters. The van der Waals surface area contributed by atoms with Gasteiger partial charge in [0.05, 0.1) is 5.56 Å². The van der Waals surface area contributed by atoms with Crippen LogP contribution >= 0.6 is 0 Å². The first-order valence-electron chi connectivity index (χ1n) is 5.69. The van der Waals surface area contributed by atoms with Crippen LogP contribution in [-0.2, 0) is 12.7 Å². The van der Waals surface area contributed by atoms with E-state index >= 15 is 0 Å². The van der Waals surface area contributed by atoms with Crippen molar-refractivity contribution in [2.75, 3.05) is 5.32 Å². The first-order chi connectivity index (χ1) is 9.77. The topological polar surface area (TPSA) is 24.9 Å². The highest BCUT2D eigenvalue weighted by molar-refractivity contribution is 5.38. The van der Waals surface area contributed by atoms with Crippen molar-refractivity contribution in [3.63, 3.8) is 0 Å². The van der Waals surface area contributed by atoms with Crippen LogP contribution in [0.4, 0.5) is 32.2 Å². The van der Waals surface area contributed by atoms with Gasteiger partial charge < -0.3 is 5.32 Å². The van der Waals surface area contributed by atoms with Gasteiger partial charge >= 0.3 is 6.18 Å². The molecule has 2 rings (SSSR count). The van der Waals surface area contributed by atoms with E-state index in [4.69, 9.17) is 0 Å². The van der Waals surface area contributed by atoms with Crippen molar-refractivity contribution in [1.29, 1.82) is 0 Å². The van der Waals surface area contributed by atoms with E-state index in [1.165, 1.54) is 12.1 Å². The molecule has 0 spiro atoms. The Labute approximate surface area is 115 Å². The fourth-order valence-electron chi connectivity index (χ4n) is 1.61. The number of alkyl halides is 3. The van der Waals surface area contributed by atoms with E-state index in [9.17, 15) is 26.3 Å². The van der Waals surface area contributed by atoms with Gasteiger partial charge in [0.1, 0.15) is 0 Å². The van der Waals surface area contributed by atoms with E-state index in [0.29, 0.717) is 6.07 Å². The highest BCUT2D eigenvalue weighted by atomic mass is 19.4. The summed E-state index contributed by atoms with van der Waals surface area (Å²) in [5.74, 6) is -4.66. The molecule has 0 fully saturated rings. The van der Waals surface area contributed by atoms with E-state index in [2.05, 4.69) is 10.3 Å². The average molecular weight is 306 g/mol. The van der Waals surface area contributed by atoms with E-state index in [1.54, 1.807) is 0 Å². The second-order valence-corrected chi connectivity index (χ2v) is 4.14. The molecule has 0 radical (unpaired) electrons. The Kier molecular flexibility index (Phi) is 4.06. The summed E-state index contributed by atoms with van der Waals surface area (Å²) >= 11 is 0. The zero-order valence-corrected chi connectivity index (χ0v) is 10.3. The van der Waals surface area contributed by atoms with Gasteiger partial charge in [-0.15, -0.1) is 0 Å². The number of nitrogens with one attached hydrogen (secondary N) is 1. The Balaban J connectivity index is 2.15. The standard InChI is InChI=1S/C13H8F6N2/c14-9-5-10(15)12(21-11(9)16)20-6-7-2-1-3-8(4-7)13(17,18)19/h1-5H,6H2,(H,20,21). The minimum absolute atomic E-state index is 0.191. The fourth-order valence-corrected chi connectivity index (χ4v) is 1.61. The van der Waals surface area contributed by atoms with Gasteiger partial charge in [-0.25, -0.2) is 8.78 Å². The van der Waals surface area contributed by atoms with Gasteiger partial charge in [0.15, 0.2) is 17.5 Å². The zero-order valence-electron chi connectivity index (χ0n) is 10.3. The first kappa shape index (κ1) is 15.1. The van der Waals surface area contributed by atoms with Crippen LogP contribution in [0.25, 0.3) is 0 Å². The summed E-state index contributed by atoms with van der Waals surface area (Å²) in [6.07, 6.45) is -4.50. The highest BCUT2D eigenvalue weighted by Gasteiger charge is 2.30. The Morgan fingerprint density at radius 2 is 1.71 bits per heavy atom. The van der Waals surface area contributed by atoms with E-state index in [1.807, 2.05) is 0 Å². The monoisotopic (exact) mass is 306 g/mol. The number of hydrogen-bond donors (Lipinski definition) is 1. The molecular weight excluding hydrogens is 298 g/mol. The normalized spacial score (nSPS) is 11.5. The average Bonchev–Trinajstić information content (AvgIpc) is 2.41. The van der Waals surface area contributed by atoms with Crippen LogP contribution in [0, 0.1) is 17.6 Å². The van der Waals surface area contributed by atoms with Gasteiger partial charge in [0.2, 0.25) is 0 Å². The SMILES string of the molecule is Fc1cc(F)c(NCc2cccc(C(F)(F)F)c2)nc1F. The summed E-state index contributed by atoms with van der Waals surface area (Å²) in [6, 6.07) is 4.62. The maximum absolute atomic E-state index is 13.3. The molecule has 1 aromatic carbocycles. The number of aromatic nitrogens is 1. The van der Waals surface area contributed by atoms with Crippen molar-refractivity contribution >= 4 is 5.82 Å². The Hall–Kier alpha value is -2.25. The largest absolute Gasteiger partial charge is 0.416 e. The van der Waals surface area contributed by atoms with Crippen molar-refractivity contribution in [1.82, 2.24) is 4.98 Å². The number of halogens is 6. The van der Waals surface area contributed by atoms with Crippen molar-refractivity contribution in [3.8, 4) is 0 Å². The summed E-state index contributed by atoms with van der Waals surface area (Å²) in [4.78, 5) is 3.01. The molecule has 0 saturated carbocycles. The molecule has 1 aromatic heterocycles. The maximum atomic E-state index is 13.3. The number of pyridine rings is 1. The minimum Gasteiger partial charge on any atom is -0.363 e. The molecule has 8 heteroatoms. The third-order valence-corrected chi connectivity index (χ3v) is 2.60. The van der Waals surface area contributed by atoms with Crippen molar-refractivity contribution in [2.24, 2.45) is 0 Å². The molecule has 0 saturated heterocycles. The molecule has 0 bridgehead atoms. The predicted molar refractivity (Wildman–Crippen MR) is 62.9 cm³/mol. The molecule has 0 amide bonds. The quantitative estimate of drug-likeness (QED) is 0.681. The third-order valence-electron chi connectivity index (χ3n) is 2.60. The summed E-state index contributed by atoms with van der Waals surface area (Å²) in [7, 11) is 0. The summed E-state index contributed by atoms with van der Waals surface area (Å²) in [5.41, 5.74) is -0.670.